The number of hydrogen-bond acceptors (Lipinski definition) is 5. The molecule has 5 aromatic rings. The number of likely N-dealkylation sites (tertiary alicyclic amines) is 1. The van der Waals surface area contributed by atoms with E-state index in [1.54, 1.807) is 18.3 Å². The standard InChI is InChI=1S/C34H31N5O3/c40-32(41)24-12-15-29-25(20-24)21-35-34(37-29,26-6-2-1-3-7-26)27-13-10-23(11-14-27)22-38-18-16-28(17-19-38)39-31-9-5-4-8-30(31)36-33(39)42/h1-15,20-21,28,37H,16-19,22H2,(H,36,42)(H,40,41). The summed E-state index contributed by atoms with van der Waals surface area (Å²) in [6, 6.07) is 31.8. The number of hydrogen-bond donors (Lipinski definition) is 3. The number of aromatic nitrogens is 2. The van der Waals surface area contributed by atoms with Gasteiger partial charge in [0.05, 0.1) is 16.6 Å². The fourth-order valence-corrected chi connectivity index (χ4v) is 6.33. The molecule has 3 heterocycles. The number of carboxylic acid groups (broad SMARTS) is 1. The van der Waals surface area contributed by atoms with Gasteiger partial charge in [-0.25, -0.2) is 9.59 Å². The molecule has 0 amide bonds. The Morgan fingerprint density at radius 2 is 1.62 bits per heavy atom. The highest BCUT2D eigenvalue weighted by molar-refractivity contribution is 5.96. The van der Waals surface area contributed by atoms with Crippen LogP contribution in [0.5, 0.6) is 0 Å². The summed E-state index contributed by atoms with van der Waals surface area (Å²) < 4.78 is 1.93. The Morgan fingerprint density at radius 1 is 0.905 bits per heavy atom. The average molecular weight is 558 g/mol. The normalized spacial score (nSPS) is 19.0. The predicted octanol–water partition coefficient (Wildman–Crippen LogP) is 5.61. The zero-order valence-corrected chi connectivity index (χ0v) is 23.0. The minimum atomic E-state index is -0.960. The molecule has 1 atom stereocenters. The number of aliphatic imine (C=N–C) groups is 1. The van der Waals surface area contributed by atoms with E-state index in [1.807, 2.05) is 53.1 Å². The van der Waals surface area contributed by atoms with E-state index in [2.05, 4.69) is 51.6 Å². The number of H-pyrrole nitrogens is 1. The highest BCUT2D eigenvalue weighted by Crippen LogP contribution is 2.39. The number of para-hydroxylation sites is 2. The van der Waals surface area contributed by atoms with Gasteiger partial charge in [-0.15, -0.1) is 0 Å². The second-order valence-corrected chi connectivity index (χ2v) is 11.1. The number of carboxylic acids is 1. The molecule has 1 saturated heterocycles. The molecular weight excluding hydrogens is 526 g/mol. The van der Waals surface area contributed by atoms with Gasteiger partial charge >= 0.3 is 11.7 Å². The summed E-state index contributed by atoms with van der Waals surface area (Å²) in [7, 11) is 0. The molecule has 210 valence electrons. The van der Waals surface area contributed by atoms with Gasteiger partial charge in [0.25, 0.3) is 0 Å². The largest absolute Gasteiger partial charge is 0.478 e. The van der Waals surface area contributed by atoms with E-state index in [0.717, 1.165) is 65.9 Å². The second-order valence-electron chi connectivity index (χ2n) is 11.1. The monoisotopic (exact) mass is 557 g/mol. The Labute approximate surface area is 243 Å². The minimum Gasteiger partial charge on any atom is -0.478 e. The predicted molar refractivity (Wildman–Crippen MR) is 164 cm³/mol. The number of piperidine rings is 1. The lowest BCUT2D eigenvalue weighted by Crippen LogP contribution is -2.38. The number of anilines is 1. The second kappa shape index (κ2) is 10.5. The first-order valence-electron chi connectivity index (χ1n) is 14.3. The van der Waals surface area contributed by atoms with E-state index in [1.165, 1.54) is 5.56 Å². The summed E-state index contributed by atoms with van der Waals surface area (Å²) in [5, 5.41) is 13.0. The number of nitrogens with zero attached hydrogens (tertiary/aromatic N) is 3. The number of nitrogens with one attached hydrogen (secondary N) is 2. The summed E-state index contributed by atoms with van der Waals surface area (Å²) in [5.41, 5.74) is 6.04. The maximum Gasteiger partial charge on any atom is 0.335 e. The van der Waals surface area contributed by atoms with Gasteiger partial charge in [0, 0.05) is 54.3 Å². The Hall–Kier alpha value is -4.95. The molecule has 4 aromatic carbocycles. The van der Waals surface area contributed by atoms with Gasteiger partial charge in [-0.1, -0.05) is 66.7 Å². The van der Waals surface area contributed by atoms with Crippen LogP contribution in [0, 0.1) is 0 Å². The Kier molecular flexibility index (Phi) is 6.47. The van der Waals surface area contributed by atoms with E-state index in [9.17, 15) is 14.7 Å². The Morgan fingerprint density at radius 3 is 2.38 bits per heavy atom. The molecule has 7 rings (SSSR count). The number of aromatic carboxylic acids is 1. The molecule has 0 spiro atoms. The van der Waals surface area contributed by atoms with Crippen LogP contribution in [-0.2, 0) is 12.2 Å². The van der Waals surface area contributed by atoms with Crippen molar-refractivity contribution in [2.45, 2.75) is 31.1 Å². The van der Waals surface area contributed by atoms with Crippen molar-refractivity contribution in [1.82, 2.24) is 14.5 Å². The van der Waals surface area contributed by atoms with Crippen molar-refractivity contribution in [2.24, 2.45) is 4.99 Å². The van der Waals surface area contributed by atoms with E-state index in [-0.39, 0.29) is 17.3 Å². The summed E-state index contributed by atoms with van der Waals surface area (Å²) in [6.07, 6.45) is 3.62. The molecule has 1 fully saturated rings. The third kappa shape index (κ3) is 4.59. The first-order valence-corrected chi connectivity index (χ1v) is 14.3. The SMILES string of the molecule is O=C(O)c1ccc2c(c1)C=NC(c1ccccc1)(c1ccc(CN3CCC(n4c(=O)[nH]c5ccccc54)CC3)cc1)N2. The summed E-state index contributed by atoms with van der Waals surface area (Å²) in [6.45, 7) is 2.69. The van der Waals surface area contributed by atoms with Crippen molar-refractivity contribution in [2.75, 3.05) is 18.4 Å². The van der Waals surface area contributed by atoms with Crippen LogP contribution in [0.2, 0.25) is 0 Å². The average Bonchev–Trinajstić information content (AvgIpc) is 3.37. The van der Waals surface area contributed by atoms with E-state index in [4.69, 9.17) is 4.99 Å². The molecule has 0 saturated carbocycles. The molecule has 0 radical (unpaired) electrons. The molecule has 2 aliphatic heterocycles. The molecule has 2 aliphatic rings. The van der Waals surface area contributed by atoms with Crippen molar-refractivity contribution >= 4 is 28.9 Å². The lowest BCUT2D eigenvalue weighted by atomic mass is 9.88. The van der Waals surface area contributed by atoms with Crippen molar-refractivity contribution < 1.29 is 9.90 Å². The zero-order chi connectivity index (χ0) is 28.7. The topological polar surface area (TPSA) is 103 Å². The number of imidazole rings is 1. The van der Waals surface area contributed by atoms with Crippen LogP contribution < -0.4 is 11.0 Å². The third-order valence-corrected chi connectivity index (χ3v) is 8.53. The molecule has 42 heavy (non-hydrogen) atoms. The first-order chi connectivity index (χ1) is 20.5. The van der Waals surface area contributed by atoms with E-state index < -0.39 is 11.6 Å². The van der Waals surface area contributed by atoms with E-state index >= 15 is 0 Å². The van der Waals surface area contributed by atoms with Crippen molar-refractivity contribution in [3.63, 3.8) is 0 Å². The summed E-state index contributed by atoms with van der Waals surface area (Å²) in [5.74, 6) is -0.960. The van der Waals surface area contributed by atoms with Crippen LogP contribution in [0.3, 0.4) is 0 Å². The van der Waals surface area contributed by atoms with Gasteiger partial charge in [0.15, 0.2) is 5.66 Å². The van der Waals surface area contributed by atoms with Crippen LogP contribution in [-0.4, -0.2) is 44.8 Å². The number of fused-ring (bicyclic) bond motifs is 2. The number of benzene rings is 4. The van der Waals surface area contributed by atoms with Crippen LogP contribution in [0.1, 0.15) is 51.5 Å². The number of aromatic amines is 1. The van der Waals surface area contributed by atoms with Gasteiger partial charge in [0.1, 0.15) is 0 Å². The van der Waals surface area contributed by atoms with Crippen molar-refractivity contribution in [1.29, 1.82) is 0 Å². The lowest BCUT2D eigenvalue weighted by Gasteiger charge is -2.36. The molecule has 1 unspecified atom stereocenters. The minimum absolute atomic E-state index is 0.0264. The molecule has 0 bridgehead atoms. The van der Waals surface area contributed by atoms with Crippen molar-refractivity contribution in [3.8, 4) is 0 Å². The fourth-order valence-electron chi connectivity index (χ4n) is 6.33. The van der Waals surface area contributed by atoms with Gasteiger partial charge < -0.3 is 15.4 Å². The van der Waals surface area contributed by atoms with Gasteiger partial charge in [0.2, 0.25) is 0 Å². The number of carbonyl (C=O) groups is 1. The summed E-state index contributed by atoms with van der Waals surface area (Å²) in [4.78, 5) is 34.6. The highest BCUT2D eigenvalue weighted by Gasteiger charge is 2.36. The third-order valence-electron chi connectivity index (χ3n) is 8.53. The van der Waals surface area contributed by atoms with Crippen molar-refractivity contribution in [3.05, 3.63) is 135 Å². The van der Waals surface area contributed by atoms with Crippen LogP contribution in [0.15, 0.2) is 107 Å². The number of rotatable bonds is 6. The first kappa shape index (κ1) is 26.0. The van der Waals surface area contributed by atoms with Crippen LogP contribution in [0.25, 0.3) is 11.0 Å². The fraction of sp³-hybridized carbons (Fsp3) is 0.206. The molecule has 3 N–H and O–H groups in total. The Balaban J connectivity index is 1.10. The molecule has 1 aromatic heterocycles. The summed E-state index contributed by atoms with van der Waals surface area (Å²) >= 11 is 0. The Bertz CT molecular complexity index is 1850. The molecule has 8 heteroatoms. The maximum atomic E-state index is 12.7. The van der Waals surface area contributed by atoms with E-state index in [0.29, 0.717) is 0 Å². The van der Waals surface area contributed by atoms with Crippen LogP contribution >= 0.6 is 0 Å². The molecular formula is C34H31N5O3. The van der Waals surface area contributed by atoms with Gasteiger partial charge in [-0.05, 0) is 48.7 Å². The molecule has 0 aliphatic carbocycles. The van der Waals surface area contributed by atoms with Gasteiger partial charge in [-0.2, -0.15) is 0 Å². The lowest BCUT2D eigenvalue weighted by molar-refractivity contribution is 0.0697. The highest BCUT2D eigenvalue weighted by atomic mass is 16.4. The quantitative estimate of drug-likeness (QED) is 0.252. The molecule has 8 nitrogen and oxygen atoms in total. The van der Waals surface area contributed by atoms with Gasteiger partial charge in [-0.3, -0.25) is 14.5 Å². The van der Waals surface area contributed by atoms with Crippen LogP contribution in [0.4, 0.5) is 5.69 Å². The maximum absolute atomic E-state index is 12.7. The zero-order valence-electron chi connectivity index (χ0n) is 23.0. The smallest absolute Gasteiger partial charge is 0.335 e.